The quantitative estimate of drug-likeness (QED) is 0.829. The maximum Gasteiger partial charge on any atom is 0.266 e. The van der Waals surface area contributed by atoms with Crippen molar-refractivity contribution in [2.75, 3.05) is 19.6 Å². The summed E-state index contributed by atoms with van der Waals surface area (Å²) in [7, 11) is 0. The number of nitrogens with one attached hydrogen (secondary N) is 1. The highest BCUT2D eigenvalue weighted by Gasteiger charge is 2.32. The van der Waals surface area contributed by atoms with Gasteiger partial charge in [0.05, 0.1) is 16.7 Å². The van der Waals surface area contributed by atoms with Gasteiger partial charge in [-0.3, -0.25) is 4.79 Å². The summed E-state index contributed by atoms with van der Waals surface area (Å²) < 4.78 is 13.6. The topological polar surface area (TPSA) is 45.2 Å². The molecule has 142 valence electrons. The number of aromatic nitrogens is 1. The Labute approximate surface area is 164 Å². The molecule has 26 heavy (non-hydrogen) atoms. The molecule has 1 saturated heterocycles. The average Bonchev–Trinajstić information content (AvgIpc) is 2.96. The lowest BCUT2D eigenvalue weighted by atomic mass is 9.98. The first-order valence-electron chi connectivity index (χ1n) is 8.52. The fourth-order valence-electron chi connectivity index (χ4n) is 3.01. The molecule has 1 amide bonds. The molecule has 2 aromatic rings. The van der Waals surface area contributed by atoms with Crippen LogP contribution in [0.1, 0.15) is 52.7 Å². The number of hydrogen-bond donors (Lipinski definition) is 1. The van der Waals surface area contributed by atoms with Gasteiger partial charge in [0.2, 0.25) is 0 Å². The maximum absolute atomic E-state index is 13.6. The molecule has 1 atom stereocenters. The van der Waals surface area contributed by atoms with Crippen LogP contribution < -0.4 is 5.32 Å². The number of piperazine rings is 1. The Balaban J connectivity index is 0.00000243. The number of thiazole rings is 1. The summed E-state index contributed by atoms with van der Waals surface area (Å²) in [5.41, 5.74) is 1.51. The fraction of sp³-hybridized carbons (Fsp3) is 0.474. The molecule has 0 saturated carbocycles. The van der Waals surface area contributed by atoms with E-state index in [0.29, 0.717) is 18.0 Å². The van der Waals surface area contributed by atoms with Crippen molar-refractivity contribution in [3.63, 3.8) is 0 Å². The van der Waals surface area contributed by atoms with Crippen molar-refractivity contribution in [2.24, 2.45) is 0 Å². The molecule has 3 rings (SSSR count). The lowest BCUT2D eigenvalue weighted by Gasteiger charge is -2.36. The third-order valence-electron chi connectivity index (χ3n) is 4.37. The van der Waals surface area contributed by atoms with Crippen LogP contribution in [0.2, 0.25) is 0 Å². The summed E-state index contributed by atoms with van der Waals surface area (Å²) in [4.78, 5) is 20.3. The van der Waals surface area contributed by atoms with Gasteiger partial charge in [-0.2, -0.15) is 0 Å². The zero-order valence-electron chi connectivity index (χ0n) is 15.5. The lowest BCUT2D eigenvalue weighted by molar-refractivity contribution is 0.0638. The van der Waals surface area contributed by atoms with Crippen LogP contribution in [0.25, 0.3) is 0 Å². The van der Waals surface area contributed by atoms with E-state index in [1.165, 1.54) is 23.5 Å². The Morgan fingerprint density at radius 1 is 1.38 bits per heavy atom. The first-order chi connectivity index (χ1) is 11.8. The third kappa shape index (κ3) is 4.24. The summed E-state index contributed by atoms with van der Waals surface area (Å²) in [6.45, 7) is 10.1. The van der Waals surface area contributed by atoms with Crippen molar-refractivity contribution < 1.29 is 9.18 Å². The Hall–Kier alpha value is -1.50. The molecular weight excluding hydrogens is 373 g/mol. The zero-order chi connectivity index (χ0) is 18.2. The van der Waals surface area contributed by atoms with Crippen molar-refractivity contribution >= 4 is 29.7 Å². The first-order valence-corrected chi connectivity index (χ1v) is 9.34. The van der Waals surface area contributed by atoms with Crippen LogP contribution in [0.3, 0.4) is 0 Å². The van der Waals surface area contributed by atoms with Gasteiger partial charge >= 0.3 is 0 Å². The van der Waals surface area contributed by atoms with E-state index in [0.717, 1.165) is 22.8 Å². The summed E-state index contributed by atoms with van der Waals surface area (Å²) in [6.07, 6.45) is 0. The smallest absolute Gasteiger partial charge is 0.266 e. The summed E-state index contributed by atoms with van der Waals surface area (Å²) in [5.74, 6) is -0.291. The van der Waals surface area contributed by atoms with Gasteiger partial charge in [-0.15, -0.1) is 23.7 Å². The van der Waals surface area contributed by atoms with E-state index in [4.69, 9.17) is 0 Å². The molecule has 1 N–H and O–H groups in total. The first kappa shape index (κ1) is 20.8. The van der Waals surface area contributed by atoms with E-state index in [1.54, 1.807) is 6.07 Å². The standard InChI is InChI=1S/C19H24FN3OS.ClH/c1-12-16(25-18(22-12)19(2,3)4)17(24)23-9-8-21-11-15(23)13-6-5-7-14(20)10-13;/h5-7,10,15,21H,8-9,11H2,1-4H3;1H. The van der Waals surface area contributed by atoms with E-state index in [-0.39, 0.29) is 35.6 Å². The fourth-order valence-corrected chi connectivity index (χ4v) is 4.09. The molecule has 2 heterocycles. The SMILES string of the molecule is Cc1nc(C(C)(C)C)sc1C(=O)N1CCNCC1c1cccc(F)c1.Cl. The molecule has 0 spiro atoms. The number of halogens is 2. The molecule has 4 nitrogen and oxygen atoms in total. The minimum absolute atomic E-state index is 0. The number of hydrogen-bond acceptors (Lipinski definition) is 4. The predicted octanol–water partition coefficient (Wildman–Crippen LogP) is 4.10. The van der Waals surface area contributed by atoms with Crippen molar-refractivity contribution in [1.82, 2.24) is 15.2 Å². The molecule has 1 aromatic heterocycles. The Morgan fingerprint density at radius 3 is 2.73 bits per heavy atom. The zero-order valence-corrected chi connectivity index (χ0v) is 17.1. The lowest BCUT2D eigenvalue weighted by Crippen LogP contribution is -2.48. The molecule has 1 unspecified atom stereocenters. The molecule has 7 heteroatoms. The average molecular weight is 398 g/mol. The monoisotopic (exact) mass is 397 g/mol. The normalized spacial score (nSPS) is 17.7. The van der Waals surface area contributed by atoms with E-state index in [9.17, 15) is 9.18 Å². The number of carbonyl (C=O) groups is 1. The highest BCUT2D eigenvalue weighted by atomic mass is 35.5. The number of amides is 1. The molecule has 1 aliphatic rings. The van der Waals surface area contributed by atoms with Gasteiger partial charge in [0, 0.05) is 25.0 Å². The number of nitrogens with zero attached hydrogens (tertiary/aromatic N) is 2. The second kappa shape index (κ2) is 8.03. The minimum Gasteiger partial charge on any atom is -0.328 e. The maximum atomic E-state index is 13.6. The van der Waals surface area contributed by atoms with Crippen LogP contribution in [0.4, 0.5) is 4.39 Å². The van der Waals surface area contributed by atoms with Crippen LogP contribution in [0, 0.1) is 12.7 Å². The largest absolute Gasteiger partial charge is 0.328 e. The van der Waals surface area contributed by atoms with E-state index < -0.39 is 0 Å². The molecule has 1 fully saturated rings. The number of aryl methyl sites for hydroxylation is 1. The highest BCUT2D eigenvalue weighted by molar-refractivity contribution is 7.14. The van der Waals surface area contributed by atoms with Crippen molar-refractivity contribution in [3.05, 3.63) is 51.2 Å². The van der Waals surface area contributed by atoms with Crippen molar-refractivity contribution in [3.8, 4) is 0 Å². The van der Waals surface area contributed by atoms with Crippen molar-refractivity contribution in [2.45, 2.75) is 39.2 Å². The Morgan fingerprint density at radius 2 is 2.12 bits per heavy atom. The number of benzene rings is 1. The van der Waals surface area contributed by atoms with Gasteiger partial charge in [0.15, 0.2) is 0 Å². The van der Waals surface area contributed by atoms with E-state index >= 15 is 0 Å². The van der Waals surface area contributed by atoms with Crippen molar-refractivity contribution in [1.29, 1.82) is 0 Å². The predicted molar refractivity (Wildman–Crippen MR) is 106 cm³/mol. The van der Waals surface area contributed by atoms with Gasteiger partial charge < -0.3 is 10.2 Å². The second-order valence-corrected chi connectivity index (χ2v) is 8.46. The van der Waals surface area contributed by atoms with Gasteiger partial charge in [0.25, 0.3) is 5.91 Å². The number of rotatable bonds is 2. The summed E-state index contributed by atoms with van der Waals surface area (Å²) in [6, 6.07) is 6.34. The van der Waals surface area contributed by atoms with Crippen LogP contribution in [-0.4, -0.2) is 35.4 Å². The van der Waals surface area contributed by atoms with Crippen LogP contribution in [0.15, 0.2) is 24.3 Å². The molecule has 0 aliphatic carbocycles. The van der Waals surface area contributed by atoms with Crippen LogP contribution in [-0.2, 0) is 5.41 Å². The third-order valence-corrected chi connectivity index (χ3v) is 5.94. The molecule has 0 radical (unpaired) electrons. The summed E-state index contributed by atoms with van der Waals surface area (Å²) >= 11 is 1.47. The van der Waals surface area contributed by atoms with Crippen LogP contribution >= 0.6 is 23.7 Å². The van der Waals surface area contributed by atoms with Gasteiger partial charge in [0.1, 0.15) is 10.7 Å². The van der Waals surface area contributed by atoms with Gasteiger partial charge in [-0.25, -0.2) is 9.37 Å². The highest BCUT2D eigenvalue weighted by Crippen LogP contribution is 2.32. The Kier molecular flexibility index (Phi) is 6.42. The van der Waals surface area contributed by atoms with Gasteiger partial charge in [-0.05, 0) is 24.6 Å². The van der Waals surface area contributed by atoms with E-state index in [2.05, 4.69) is 31.1 Å². The molecular formula is C19H25ClFN3OS. The van der Waals surface area contributed by atoms with Crippen LogP contribution in [0.5, 0.6) is 0 Å². The van der Waals surface area contributed by atoms with Gasteiger partial charge in [-0.1, -0.05) is 32.9 Å². The number of carbonyl (C=O) groups excluding carboxylic acids is 1. The molecule has 1 aliphatic heterocycles. The molecule has 1 aromatic carbocycles. The second-order valence-electron chi connectivity index (χ2n) is 7.46. The molecule has 0 bridgehead atoms. The summed E-state index contributed by atoms with van der Waals surface area (Å²) in [5, 5.41) is 4.27. The minimum atomic E-state index is -0.278. The Bertz CT molecular complexity index is 787. The van der Waals surface area contributed by atoms with E-state index in [1.807, 2.05) is 17.9 Å².